The number of nitrogens with one attached hydrogen (secondary N) is 1. The molecular formula is C16H22N4. The van der Waals surface area contributed by atoms with Crippen LogP contribution < -0.4 is 10.2 Å². The average molecular weight is 270 g/mol. The molecule has 4 nitrogen and oxygen atoms in total. The van der Waals surface area contributed by atoms with Crippen molar-refractivity contribution in [1.82, 2.24) is 15.1 Å². The molecule has 0 atom stereocenters. The van der Waals surface area contributed by atoms with Crippen molar-refractivity contribution in [3.05, 3.63) is 48.3 Å². The van der Waals surface area contributed by atoms with Crippen molar-refractivity contribution in [3.63, 3.8) is 0 Å². The van der Waals surface area contributed by atoms with Gasteiger partial charge in [0.25, 0.3) is 0 Å². The van der Waals surface area contributed by atoms with Crippen LogP contribution in [0.15, 0.2) is 42.7 Å². The topological polar surface area (TPSA) is 33.1 Å². The SMILES string of the molecule is Cn1cc(CNC2CCN(c3ccccc3)CC2)cn1. The Bertz CT molecular complexity index is 526. The molecule has 1 aromatic heterocycles. The van der Waals surface area contributed by atoms with Crippen LogP contribution in [-0.4, -0.2) is 28.9 Å². The number of para-hydroxylation sites is 1. The van der Waals surface area contributed by atoms with E-state index in [0.717, 1.165) is 19.6 Å². The molecule has 106 valence electrons. The highest BCUT2D eigenvalue weighted by molar-refractivity contribution is 5.46. The zero-order valence-corrected chi connectivity index (χ0v) is 12.0. The molecule has 0 aliphatic carbocycles. The van der Waals surface area contributed by atoms with Crippen molar-refractivity contribution in [3.8, 4) is 0 Å². The summed E-state index contributed by atoms with van der Waals surface area (Å²) < 4.78 is 1.86. The van der Waals surface area contributed by atoms with Gasteiger partial charge in [0.1, 0.15) is 0 Å². The number of benzene rings is 1. The first-order valence-corrected chi connectivity index (χ1v) is 7.32. The summed E-state index contributed by atoms with van der Waals surface area (Å²) in [6.45, 7) is 3.19. The Labute approximate surface area is 120 Å². The maximum atomic E-state index is 4.20. The van der Waals surface area contributed by atoms with Crippen molar-refractivity contribution in [2.24, 2.45) is 7.05 Å². The van der Waals surface area contributed by atoms with E-state index in [1.807, 2.05) is 17.9 Å². The smallest absolute Gasteiger partial charge is 0.0534 e. The lowest BCUT2D eigenvalue weighted by Crippen LogP contribution is -2.42. The summed E-state index contributed by atoms with van der Waals surface area (Å²) in [6, 6.07) is 11.3. The summed E-state index contributed by atoms with van der Waals surface area (Å²) in [5, 5.41) is 7.84. The standard InChI is InChI=1S/C16H22N4/c1-19-13-14(12-18-19)11-17-15-7-9-20(10-8-15)16-5-3-2-4-6-16/h2-6,12-13,15,17H,7-11H2,1H3. The summed E-state index contributed by atoms with van der Waals surface area (Å²) >= 11 is 0. The Hall–Kier alpha value is -1.81. The number of aromatic nitrogens is 2. The quantitative estimate of drug-likeness (QED) is 0.924. The van der Waals surface area contributed by atoms with Crippen molar-refractivity contribution in [2.45, 2.75) is 25.4 Å². The first-order chi connectivity index (χ1) is 9.81. The number of hydrogen-bond donors (Lipinski definition) is 1. The molecule has 1 N–H and O–H groups in total. The van der Waals surface area contributed by atoms with Gasteiger partial charge in [-0.05, 0) is 25.0 Å². The molecule has 2 aromatic rings. The third kappa shape index (κ3) is 3.20. The molecule has 3 rings (SSSR count). The van der Waals surface area contributed by atoms with Crippen molar-refractivity contribution >= 4 is 5.69 Å². The van der Waals surface area contributed by atoms with Crippen molar-refractivity contribution in [1.29, 1.82) is 0 Å². The normalized spacial score (nSPS) is 16.6. The third-order valence-corrected chi connectivity index (χ3v) is 3.97. The van der Waals surface area contributed by atoms with Crippen molar-refractivity contribution < 1.29 is 0 Å². The van der Waals surface area contributed by atoms with Crippen LogP contribution in [0.3, 0.4) is 0 Å². The van der Waals surface area contributed by atoms with Gasteiger partial charge in [-0.2, -0.15) is 5.10 Å². The van der Waals surface area contributed by atoms with Gasteiger partial charge < -0.3 is 10.2 Å². The number of hydrogen-bond acceptors (Lipinski definition) is 3. The van der Waals surface area contributed by atoms with E-state index in [4.69, 9.17) is 0 Å². The molecule has 4 heteroatoms. The molecule has 1 saturated heterocycles. The molecule has 1 aromatic carbocycles. The minimum atomic E-state index is 0.621. The summed E-state index contributed by atoms with van der Waals surface area (Å²) in [4.78, 5) is 2.47. The molecule has 1 aliphatic rings. The number of nitrogens with zero attached hydrogens (tertiary/aromatic N) is 3. The lowest BCUT2D eigenvalue weighted by Gasteiger charge is -2.34. The van der Waals surface area contributed by atoms with Crippen LogP contribution in [0, 0.1) is 0 Å². The second-order valence-corrected chi connectivity index (χ2v) is 5.50. The highest BCUT2D eigenvalue weighted by atomic mass is 15.2. The largest absolute Gasteiger partial charge is 0.371 e. The van der Waals surface area contributed by atoms with Gasteiger partial charge >= 0.3 is 0 Å². The molecule has 0 spiro atoms. The van der Waals surface area contributed by atoms with Crippen LogP contribution in [0.4, 0.5) is 5.69 Å². The fraction of sp³-hybridized carbons (Fsp3) is 0.438. The zero-order chi connectivity index (χ0) is 13.8. The summed E-state index contributed by atoms with van der Waals surface area (Å²) in [7, 11) is 1.96. The molecule has 2 heterocycles. The molecular weight excluding hydrogens is 248 g/mol. The molecule has 1 fully saturated rings. The number of piperidine rings is 1. The van der Waals surface area contributed by atoms with Crippen LogP contribution in [0.2, 0.25) is 0 Å². The van der Waals surface area contributed by atoms with Crippen LogP contribution >= 0.6 is 0 Å². The van der Waals surface area contributed by atoms with E-state index in [1.54, 1.807) is 0 Å². The Balaban J connectivity index is 1.47. The number of anilines is 1. The van der Waals surface area contributed by atoms with E-state index >= 15 is 0 Å². The van der Waals surface area contributed by atoms with Gasteiger partial charge in [0.15, 0.2) is 0 Å². The van der Waals surface area contributed by atoms with Crippen LogP contribution in [0.1, 0.15) is 18.4 Å². The first-order valence-electron chi connectivity index (χ1n) is 7.32. The van der Waals surface area contributed by atoms with Crippen LogP contribution in [-0.2, 0) is 13.6 Å². The van der Waals surface area contributed by atoms with Crippen LogP contribution in [0.5, 0.6) is 0 Å². The fourth-order valence-electron chi connectivity index (χ4n) is 2.81. The molecule has 0 unspecified atom stereocenters. The predicted molar refractivity (Wildman–Crippen MR) is 81.7 cm³/mol. The van der Waals surface area contributed by atoms with E-state index in [0.29, 0.717) is 6.04 Å². The highest BCUT2D eigenvalue weighted by Gasteiger charge is 2.18. The Morgan fingerprint density at radius 2 is 1.95 bits per heavy atom. The fourth-order valence-corrected chi connectivity index (χ4v) is 2.81. The lowest BCUT2D eigenvalue weighted by molar-refractivity contribution is 0.414. The van der Waals surface area contributed by atoms with E-state index in [2.05, 4.69) is 51.8 Å². The Morgan fingerprint density at radius 1 is 1.20 bits per heavy atom. The van der Waals surface area contributed by atoms with Gasteiger partial charge in [-0.1, -0.05) is 18.2 Å². The van der Waals surface area contributed by atoms with Gasteiger partial charge in [-0.15, -0.1) is 0 Å². The second kappa shape index (κ2) is 6.09. The molecule has 1 aliphatic heterocycles. The molecule has 0 radical (unpaired) electrons. The Kier molecular flexibility index (Phi) is 4.02. The van der Waals surface area contributed by atoms with Gasteiger partial charge in [0.05, 0.1) is 6.20 Å². The monoisotopic (exact) mass is 270 g/mol. The van der Waals surface area contributed by atoms with Gasteiger partial charge in [-0.3, -0.25) is 4.68 Å². The molecule has 0 amide bonds. The number of aryl methyl sites for hydroxylation is 1. The third-order valence-electron chi connectivity index (χ3n) is 3.97. The predicted octanol–water partition coefficient (Wildman–Crippen LogP) is 2.18. The van der Waals surface area contributed by atoms with E-state index < -0.39 is 0 Å². The highest BCUT2D eigenvalue weighted by Crippen LogP contribution is 2.19. The summed E-state index contributed by atoms with van der Waals surface area (Å²) in [5.41, 5.74) is 2.61. The number of rotatable bonds is 4. The minimum absolute atomic E-state index is 0.621. The second-order valence-electron chi connectivity index (χ2n) is 5.50. The lowest BCUT2D eigenvalue weighted by atomic mass is 10.0. The van der Waals surface area contributed by atoms with Gasteiger partial charge in [0.2, 0.25) is 0 Å². The zero-order valence-electron chi connectivity index (χ0n) is 12.0. The average Bonchev–Trinajstić information content (AvgIpc) is 2.92. The maximum absolute atomic E-state index is 4.20. The Morgan fingerprint density at radius 3 is 2.60 bits per heavy atom. The first kappa shape index (κ1) is 13.2. The molecule has 20 heavy (non-hydrogen) atoms. The van der Waals surface area contributed by atoms with E-state index in [9.17, 15) is 0 Å². The van der Waals surface area contributed by atoms with Crippen molar-refractivity contribution in [2.75, 3.05) is 18.0 Å². The maximum Gasteiger partial charge on any atom is 0.0534 e. The molecule has 0 bridgehead atoms. The van der Waals surface area contributed by atoms with E-state index in [-0.39, 0.29) is 0 Å². The summed E-state index contributed by atoms with van der Waals surface area (Å²) in [5.74, 6) is 0. The molecule has 0 saturated carbocycles. The van der Waals surface area contributed by atoms with Gasteiger partial charge in [0, 0.05) is 50.2 Å². The van der Waals surface area contributed by atoms with Gasteiger partial charge in [-0.25, -0.2) is 0 Å². The van der Waals surface area contributed by atoms with Crippen LogP contribution in [0.25, 0.3) is 0 Å². The van der Waals surface area contributed by atoms with E-state index in [1.165, 1.54) is 24.1 Å². The minimum Gasteiger partial charge on any atom is -0.371 e. The summed E-state index contributed by atoms with van der Waals surface area (Å²) in [6.07, 6.45) is 6.42.